The highest BCUT2D eigenvalue weighted by Gasteiger charge is 2.29. The number of benzene rings is 3. The number of hydrogen-bond acceptors (Lipinski definition) is 0. The van der Waals surface area contributed by atoms with E-state index in [-0.39, 0.29) is 0 Å². The van der Waals surface area contributed by atoms with Crippen molar-refractivity contribution in [3.63, 3.8) is 0 Å². The molecule has 0 heterocycles. The van der Waals surface area contributed by atoms with Crippen LogP contribution < -0.4 is 0 Å². The molecule has 20 heavy (non-hydrogen) atoms. The maximum Gasteiger partial charge on any atom is 0.0363 e. The van der Waals surface area contributed by atoms with Gasteiger partial charge >= 0.3 is 0 Å². The van der Waals surface area contributed by atoms with Gasteiger partial charge in [-0.3, -0.25) is 0 Å². The van der Waals surface area contributed by atoms with Gasteiger partial charge in [-0.05, 0) is 33.9 Å². The monoisotopic (exact) mass is 320 g/mol. The topological polar surface area (TPSA) is 0 Å². The van der Waals surface area contributed by atoms with Gasteiger partial charge in [0.25, 0.3) is 0 Å². The first-order chi connectivity index (χ1) is 9.86. The largest absolute Gasteiger partial charge is 0.0619 e. The number of halogens is 1. The Morgan fingerprint density at radius 3 is 1.55 bits per heavy atom. The highest BCUT2D eigenvalue weighted by molar-refractivity contribution is 9.10. The predicted octanol–water partition coefficient (Wildman–Crippen LogP) is 5.61. The molecule has 0 atom stereocenters. The van der Waals surface area contributed by atoms with Crippen LogP contribution in [0.3, 0.4) is 0 Å². The molecule has 0 aromatic heterocycles. The van der Waals surface area contributed by atoms with Crippen molar-refractivity contribution in [1.82, 2.24) is 0 Å². The lowest BCUT2D eigenvalue weighted by Crippen LogP contribution is -1.99. The standard InChI is InChI=1S/C19H13Br/c20-18-12-6-5-11-17(18)19-15-9-3-1-7-13(15)14-8-2-4-10-16(14)19/h1-12,19H. The maximum absolute atomic E-state index is 3.71. The first kappa shape index (κ1) is 11.9. The van der Waals surface area contributed by atoms with Gasteiger partial charge in [-0.25, -0.2) is 0 Å². The molecule has 0 spiro atoms. The molecule has 1 aliphatic carbocycles. The number of fused-ring (bicyclic) bond motifs is 3. The average Bonchev–Trinajstić information content (AvgIpc) is 2.83. The van der Waals surface area contributed by atoms with E-state index >= 15 is 0 Å². The maximum atomic E-state index is 3.71. The van der Waals surface area contributed by atoms with Gasteiger partial charge in [-0.2, -0.15) is 0 Å². The lowest BCUT2D eigenvalue weighted by Gasteiger charge is -2.15. The molecular weight excluding hydrogens is 308 g/mol. The van der Waals surface area contributed by atoms with Gasteiger partial charge in [0, 0.05) is 10.4 Å². The predicted molar refractivity (Wildman–Crippen MR) is 87.0 cm³/mol. The molecule has 0 saturated heterocycles. The highest BCUT2D eigenvalue weighted by atomic mass is 79.9. The third kappa shape index (κ3) is 1.66. The van der Waals surface area contributed by atoms with Crippen molar-refractivity contribution >= 4 is 15.9 Å². The van der Waals surface area contributed by atoms with E-state index in [9.17, 15) is 0 Å². The number of hydrogen-bond donors (Lipinski definition) is 0. The van der Waals surface area contributed by atoms with Crippen molar-refractivity contribution in [1.29, 1.82) is 0 Å². The van der Waals surface area contributed by atoms with Crippen molar-refractivity contribution in [2.45, 2.75) is 5.92 Å². The van der Waals surface area contributed by atoms with E-state index in [1.54, 1.807) is 0 Å². The third-order valence-corrected chi connectivity index (χ3v) is 4.77. The second kappa shape index (κ2) is 4.60. The fourth-order valence-corrected chi connectivity index (χ4v) is 3.71. The van der Waals surface area contributed by atoms with Crippen molar-refractivity contribution in [3.05, 3.63) is 94.0 Å². The van der Waals surface area contributed by atoms with Crippen LogP contribution in [0.2, 0.25) is 0 Å². The third-order valence-electron chi connectivity index (χ3n) is 4.05. The van der Waals surface area contributed by atoms with Gasteiger partial charge in [-0.15, -0.1) is 0 Å². The molecule has 0 radical (unpaired) electrons. The Balaban J connectivity index is 2.03. The Labute approximate surface area is 127 Å². The summed E-state index contributed by atoms with van der Waals surface area (Å²) >= 11 is 3.71. The molecule has 3 aromatic rings. The minimum absolute atomic E-state index is 0.331. The minimum atomic E-state index is 0.331. The number of rotatable bonds is 1. The molecule has 0 aliphatic heterocycles. The summed E-state index contributed by atoms with van der Waals surface area (Å²) in [5.74, 6) is 0.331. The molecule has 0 unspecified atom stereocenters. The lowest BCUT2D eigenvalue weighted by atomic mass is 9.89. The fraction of sp³-hybridized carbons (Fsp3) is 0.0526. The van der Waals surface area contributed by atoms with Crippen molar-refractivity contribution in [3.8, 4) is 11.1 Å². The summed E-state index contributed by atoms with van der Waals surface area (Å²) in [7, 11) is 0. The van der Waals surface area contributed by atoms with Crippen LogP contribution in [0.4, 0.5) is 0 Å². The average molecular weight is 321 g/mol. The molecule has 4 rings (SSSR count). The van der Waals surface area contributed by atoms with E-state index in [2.05, 4.69) is 88.7 Å². The highest BCUT2D eigenvalue weighted by Crippen LogP contribution is 2.48. The van der Waals surface area contributed by atoms with Gasteiger partial charge in [0.1, 0.15) is 0 Å². The molecule has 0 nitrogen and oxygen atoms in total. The molecule has 96 valence electrons. The summed E-state index contributed by atoms with van der Waals surface area (Å²) < 4.78 is 1.18. The van der Waals surface area contributed by atoms with Gasteiger partial charge in [0.05, 0.1) is 0 Å². The summed E-state index contributed by atoms with van der Waals surface area (Å²) in [6.07, 6.45) is 0. The Bertz CT molecular complexity index is 744. The van der Waals surface area contributed by atoms with Crippen LogP contribution in [0.15, 0.2) is 77.3 Å². The quantitative estimate of drug-likeness (QED) is 0.427. The molecule has 3 aromatic carbocycles. The first-order valence-electron chi connectivity index (χ1n) is 6.79. The normalized spacial score (nSPS) is 13.1. The summed E-state index contributed by atoms with van der Waals surface area (Å²) in [6, 6.07) is 26.0. The zero-order valence-electron chi connectivity index (χ0n) is 10.9. The van der Waals surface area contributed by atoms with Crippen molar-refractivity contribution in [2.75, 3.05) is 0 Å². The van der Waals surface area contributed by atoms with Gasteiger partial charge in [-0.1, -0.05) is 82.7 Å². The molecule has 0 fully saturated rings. The lowest BCUT2D eigenvalue weighted by molar-refractivity contribution is 1.01. The summed E-state index contributed by atoms with van der Waals surface area (Å²) in [4.78, 5) is 0. The van der Waals surface area contributed by atoms with E-state index in [1.165, 1.54) is 32.3 Å². The Morgan fingerprint density at radius 1 is 0.550 bits per heavy atom. The molecule has 1 aliphatic rings. The van der Waals surface area contributed by atoms with Crippen LogP contribution in [0.25, 0.3) is 11.1 Å². The van der Waals surface area contributed by atoms with Gasteiger partial charge in [0.15, 0.2) is 0 Å². The van der Waals surface area contributed by atoms with E-state index in [0.717, 1.165) is 0 Å². The van der Waals surface area contributed by atoms with Crippen LogP contribution in [0.1, 0.15) is 22.6 Å². The summed E-state index contributed by atoms with van der Waals surface area (Å²) in [5, 5.41) is 0. The fourth-order valence-electron chi connectivity index (χ4n) is 3.20. The SMILES string of the molecule is Brc1ccccc1C1c2ccccc2-c2ccccc21. The zero-order chi connectivity index (χ0) is 13.5. The van der Waals surface area contributed by atoms with E-state index < -0.39 is 0 Å². The molecule has 0 saturated carbocycles. The molecule has 0 bridgehead atoms. The summed E-state index contributed by atoms with van der Waals surface area (Å²) in [5.41, 5.74) is 6.87. The first-order valence-corrected chi connectivity index (χ1v) is 7.58. The zero-order valence-corrected chi connectivity index (χ0v) is 12.5. The molecule has 1 heteroatoms. The molecular formula is C19H13Br. The van der Waals surface area contributed by atoms with Crippen LogP contribution in [-0.4, -0.2) is 0 Å². The Hall–Kier alpha value is -1.86. The minimum Gasteiger partial charge on any atom is -0.0619 e. The van der Waals surface area contributed by atoms with E-state index in [4.69, 9.17) is 0 Å². The van der Waals surface area contributed by atoms with Crippen molar-refractivity contribution in [2.24, 2.45) is 0 Å². The van der Waals surface area contributed by atoms with Crippen molar-refractivity contribution < 1.29 is 0 Å². The van der Waals surface area contributed by atoms with Crippen LogP contribution in [-0.2, 0) is 0 Å². The Morgan fingerprint density at radius 2 is 1.00 bits per heavy atom. The van der Waals surface area contributed by atoms with E-state index in [1.807, 2.05) is 0 Å². The van der Waals surface area contributed by atoms with Crippen LogP contribution >= 0.6 is 15.9 Å². The van der Waals surface area contributed by atoms with Crippen LogP contribution in [0, 0.1) is 0 Å². The second-order valence-electron chi connectivity index (χ2n) is 5.13. The van der Waals surface area contributed by atoms with Gasteiger partial charge in [0.2, 0.25) is 0 Å². The van der Waals surface area contributed by atoms with Gasteiger partial charge < -0.3 is 0 Å². The second-order valence-corrected chi connectivity index (χ2v) is 5.98. The van der Waals surface area contributed by atoms with Crippen LogP contribution in [0.5, 0.6) is 0 Å². The molecule has 0 N–H and O–H groups in total. The molecule has 0 amide bonds. The Kier molecular flexibility index (Phi) is 2.75. The summed E-state index contributed by atoms with van der Waals surface area (Å²) in [6.45, 7) is 0. The smallest absolute Gasteiger partial charge is 0.0363 e. The van der Waals surface area contributed by atoms with E-state index in [0.29, 0.717) is 5.92 Å².